The highest BCUT2D eigenvalue weighted by atomic mass is 16.2. The summed E-state index contributed by atoms with van der Waals surface area (Å²) in [6, 6.07) is 22.2. The van der Waals surface area contributed by atoms with Crippen molar-refractivity contribution >= 4 is 23.2 Å². The first-order valence-corrected chi connectivity index (χ1v) is 11.2. The van der Waals surface area contributed by atoms with Crippen molar-refractivity contribution in [2.75, 3.05) is 38.0 Å². The van der Waals surface area contributed by atoms with Gasteiger partial charge in [-0.1, -0.05) is 66.7 Å². The molecule has 0 unspecified atom stereocenters. The summed E-state index contributed by atoms with van der Waals surface area (Å²) >= 11 is 0. The Morgan fingerprint density at radius 2 is 1.30 bits per heavy atom. The van der Waals surface area contributed by atoms with Crippen LogP contribution in [0.1, 0.15) is 37.4 Å². The second-order valence-corrected chi connectivity index (χ2v) is 8.52. The van der Waals surface area contributed by atoms with E-state index < -0.39 is 0 Å². The van der Waals surface area contributed by atoms with Gasteiger partial charge in [-0.3, -0.25) is 24.2 Å². The van der Waals surface area contributed by atoms with Crippen molar-refractivity contribution in [1.82, 2.24) is 9.80 Å². The Labute approximate surface area is 192 Å². The SMILES string of the molecule is O=C(CN1CCN(Cc2ccccc2)CC1)Nc1cccc2c1C(=O)c1ccccc1C2=O. The maximum atomic E-state index is 13.1. The number of amides is 1. The van der Waals surface area contributed by atoms with E-state index in [4.69, 9.17) is 0 Å². The fraction of sp³-hybridized carbons (Fsp3) is 0.222. The lowest BCUT2D eigenvalue weighted by atomic mass is 9.83. The van der Waals surface area contributed by atoms with Gasteiger partial charge in [0.25, 0.3) is 0 Å². The van der Waals surface area contributed by atoms with Gasteiger partial charge >= 0.3 is 0 Å². The smallest absolute Gasteiger partial charge is 0.238 e. The fourth-order valence-electron chi connectivity index (χ4n) is 4.59. The summed E-state index contributed by atoms with van der Waals surface area (Å²) in [5.74, 6) is -0.601. The third kappa shape index (κ3) is 4.35. The highest BCUT2D eigenvalue weighted by Gasteiger charge is 2.31. The first kappa shape index (κ1) is 21.2. The Hall–Kier alpha value is -3.61. The number of fused-ring (bicyclic) bond motifs is 2. The Kier molecular flexibility index (Phi) is 5.86. The summed E-state index contributed by atoms with van der Waals surface area (Å²) in [7, 11) is 0. The van der Waals surface area contributed by atoms with Crippen LogP contribution in [0.5, 0.6) is 0 Å². The van der Waals surface area contributed by atoms with E-state index in [1.807, 2.05) is 6.07 Å². The van der Waals surface area contributed by atoms with E-state index in [1.54, 1.807) is 42.5 Å². The molecule has 0 radical (unpaired) electrons. The Morgan fingerprint density at radius 3 is 2.03 bits per heavy atom. The van der Waals surface area contributed by atoms with E-state index in [1.165, 1.54) is 5.56 Å². The lowest BCUT2D eigenvalue weighted by molar-refractivity contribution is -0.117. The minimum absolute atomic E-state index is 0.181. The van der Waals surface area contributed by atoms with Crippen molar-refractivity contribution < 1.29 is 14.4 Å². The molecule has 3 aromatic carbocycles. The third-order valence-electron chi connectivity index (χ3n) is 6.31. The highest BCUT2D eigenvalue weighted by molar-refractivity contribution is 6.30. The molecule has 0 aromatic heterocycles. The molecule has 0 spiro atoms. The molecular weight excluding hydrogens is 414 g/mol. The molecular formula is C27H25N3O3. The fourth-order valence-corrected chi connectivity index (χ4v) is 4.59. The zero-order valence-corrected chi connectivity index (χ0v) is 18.3. The van der Waals surface area contributed by atoms with Crippen LogP contribution in [0.2, 0.25) is 0 Å². The average Bonchev–Trinajstić information content (AvgIpc) is 2.84. The number of hydrogen-bond donors (Lipinski definition) is 1. The van der Waals surface area contributed by atoms with Crippen molar-refractivity contribution in [3.8, 4) is 0 Å². The summed E-state index contributed by atoms with van der Waals surface area (Å²) in [6.07, 6.45) is 0. The summed E-state index contributed by atoms with van der Waals surface area (Å²) in [6.45, 7) is 4.56. The van der Waals surface area contributed by atoms with Gasteiger partial charge in [0.2, 0.25) is 5.91 Å². The number of piperazine rings is 1. The Morgan fingerprint density at radius 1 is 0.697 bits per heavy atom. The molecule has 0 bridgehead atoms. The van der Waals surface area contributed by atoms with Crippen molar-refractivity contribution in [3.05, 3.63) is 101 Å². The predicted octanol–water partition coefficient (Wildman–Crippen LogP) is 3.22. The number of benzene rings is 3. The zero-order chi connectivity index (χ0) is 22.8. The minimum Gasteiger partial charge on any atom is -0.324 e. The van der Waals surface area contributed by atoms with Gasteiger partial charge in [0.05, 0.1) is 17.8 Å². The average molecular weight is 440 g/mol. The maximum Gasteiger partial charge on any atom is 0.238 e. The molecule has 1 fully saturated rings. The van der Waals surface area contributed by atoms with Gasteiger partial charge in [0.15, 0.2) is 11.6 Å². The van der Waals surface area contributed by atoms with Crippen molar-refractivity contribution in [2.45, 2.75) is 6.54 Å². The van der Waals surface area contributed by atoms with Crippen LogP contribution in [0.3, 0.4) is 0 Å². The molecule has 1 saturated heterocycles. The van der Waals surface area contributed by atoms with Crippen molar-refractivity contribution in [1.29, 1.82) is 0 Å². The minimum atomic E-state index is -0.231. The van der Waals surface area contributed by atoms with E-state index in [-0.39, 0.29) is 29.6 Å². The second-order valence-electron chi connectivity index (χ2n) is 8.52. The number of ketones is 2. The highest BCUT2D eigenvalue weighted by Crippen LogP contribution is 2.31. The molecule has 33 heavy (non-hydrogen) atoms. The molecule has 1 amide bonds. The monoisotopic (exact) mass is 439 g/mol. The zero-order valence-electron chi connectivity index (χ0n) is 18.3. The van der Waals surface area contributed by atoms with E-state index in [0.29, 0.717) is 22.4 Å². The number of carbonyl (C=O) groups is 3. The predicted molar refractivity (Wildman–Crippen MR) is 127 cm³/mol. The molecule has 1 aliphatic heterocycles. The molecule has 5 rings (SSSR count). The van der Waals surface area contributed by atoms with Gasteiger partial charge in [0, 0.05) is 49.4 Å². The lowest BCUT2D eigenvalue weighted by Gasteiger charge is -2.34. The van der Waals surface area contributed by atoms with E-state index >= 15 is 0 Å². The standard InChI is InChI=1S/C27H25N3O3/c31-24(18-30-15-13-29(14-16-30)17-19-7-2-1-3-8-19)28-23-12-6-11-22-25(23)27(33)21-10-5-4-9-20(21)26(22)32/h1-12H,13-18H2,(H,28,31). The topological polar surface area (TPSA) is 69.7 Å². The van der Waals surface area contributed by atoms with Crippen LogP contribution in [-0.4, -0.2) is 60.0 Å². The number of rotatable bonds is 5. The first-order valence-electron chi connectivity index (χ1n) is 11.2. The quantitative estimate of drug-likeness (QED) is 0.517. The number of hydrogen-bond acceptors (Lipinski definition) is 5. The summed E-state index contributed by atoms with van der Waals surface area (Å²) < 4.78 is 0. The van der Waals surface area contributed by atoms with Gasteiger partial charge in [-0.25, -0.2) is 0 Å². The van der Waals surface area contributed by atoms with Gasteiger partial charge in [-0.05, 0) is 11.6 Å². The molecule has 2 aliphatic rings. The van der Waals surface area contributed by atoms with Crippen LogP contribution in [0.25, 0.3) is 0 Å². The Balaban J connectivity index is 1.23. The van der Waals surface area contributed by atoms with Crippen LogP contribution in [0, 0.1) is 0 Å². The molecule has 0 saturated carbocycles. The van der Waals surface area contributed by atoms with Gasteiger partial charge in [-0.15, -0.1) is 0 Å². The second kappa shape index (κ2) is 9.10. The molecule has 3 aromatic rings. The van der Waals surface area contributed by atoms with Gasteiger partial charge in [0.1, 0.15) is 0 Å². The molecule has 166 valence electrons. The van der Waals surface area contributed by atoms with Crippen LogP contribution in [-0.2, 0) is 11.3 Å². The lowest BCUT2D eigenvalue weighted by Crippen LogP contribution is -2.48. The van der Waals surface area contributed by atoms with Crippen LogP contribution >= 0.6 is 0 Å². The van der Waals surface area contributed by atoms with Crippen molar-refractivity contribution in [3.63, 3.8) is 0 Å². The third-order valence-corrected chi connectivity index (χ3v) is 6.31. The molecule has 1 aliphatic carbocycles. The molecule has 1 N–H and O–H groups in total. The van der Waals surface area contributed by atoms with E-state index in [2.05, 4.69) is 39.4 Å². The van der Waals surface area contributed by atoms with Crippen LogP contribution < -0.4 is 5.32 Å². The molecule has 0 atom stereocenters. The number of nitrogens with zero attached hydrogens (tertiary/aromatic N) is 2. The largest absolute Gasteiger partial charge is 0.324 e. The molecule has 1 heterocycles. The summed E-state index contributed by atoms with van der Waals surface area (Å²) in [5.41, 5.74) is 3.10. The maximum absolute atomic E-state index is 13.1. The summed E-state index contributed by atoms with van der Waals surface area (Å²) in [5, 5.41) is 2.88. The Bertz CT molecular complexity index is 1210. The number of carbonyl (C=O) groups excluding carboxylic acids is 3. The van der Waals surface area contributed by atoms with Gasteiger partial charge < -0.3 is 5.32 Å². The first-order chi connectivity index (χ1) is 16.1. The van der Waals surface area contributed by atoms with Crippen molar-refractivity contribution in [2.24, 2.45) is 0 Å². The summed E-state index contributed by atoms with van der Waals surface area (Å²) in [4.78, 5) is 43.3. The van der Waals surface area contributed by atoms with E-state index in [0.717, 1.165) is 32.7 Å². The van der Waals surface area contributed by atoms with Crippen LogP contribution in [0.4, 0.5) is 5.69 Å². The van der Waals surface area contributed by atoms with Gasteiger partial charge in [-0.2, -0.15) is 0 Å². The van der Waals surface area contributed by atoms with E-state index in [9.17, 15) is 14.4 Å². The number of nitrogens with one attached hydrogen (secondary N) is 1. The number of anilines is 1. The van der Waals surface area contributed by atoms with Crippen LogP contribution in [0.15, 0.2) is 72.8 Å². The normalized spacial score (nSPS) is 16.2. The molecule has 6 nitrogen and oxygen atoms in total. The molecule has 6 heteroatoms.